The molecule has 9 heteroatoms. The highest BCUT2D eigenvalue weighted by Crippen LogP contribution is 2.12. The van der Waals surface area contributed by atoms with Crippen LogP contribution in [0.15, 0.2) is 58.4 Å². The molecule has 0 spiro atoms. The normalized spacial score (nSPS) is 11.9. The van der Waals surface area contributed by atoms with Gasteiger partial charge in [0.05, 0.1) is 9.82 Å². The summed E-state index contributed by atoms with van der Waals surface area (Å²) in [6, 6.07) is 13.1. The molecular weight excluding hydrogens is 368 g/mol. The lowest BCUT2D eigenvalue weighted by molar-refractivity contribution is -0.384. The van der Waals surface area contributed by atoms with E-state index in [1.165, 1.54) is 18.4 Å². The third-order valence-corrected chi connectivity index (χ3v) is 5.02. The Labute approximate surface area is 158 Å². The summed E-state index contributed by atoms with van der Waals surface area (Å²) in [5.74, 6) is 0.612. The number of benzene rings is 2. The summed E-state index contributed by atoms with van der Waals surface area (Å²) in [6.45, 7) is 1.11. The van der Waals surface area contributed by atoms with Gasteiger partial charge in [-0.05, 0) is 29.7 Å². The summed E-state index contributed by atoms with van der Waals surface area (Å²) >= 11 is 0. The molecule has 0 aromatic heterocycles. The highest BCUT2D eigenvalue weighted by Gasteiger charge is 2.07. The fourth-order valence-corrected chi connectivity index (χ4v) is 3.00. The first kappa shape index (κ1) is 20.4. The van der Waals surface area contributed by atoms with Gasteiger partial charge in [0.2, 0.25) is 0 Å². The van der Waals surface area contributed by atoms with Crippen molar-refractivity contribution in [2.75, 3.05) is 19.8 Å². The topological polar surface area (TPSA) is 114 Å². The molecule has 0 aliphatic carbocycles. The van der Waals surface area contributed by atoms with Crippen LogP contribution in [0, 0.1) is 10.1 Å². The number of non-ortho nitro benzene ring substituents is 1. The number of guanidine groups is 1. The van der Waals surface area contributed by atoms with Crippen molar-refractivity contribution < 1.29 is 13.3 Å². The van der Waals surface area contributed by atoms with Gasteiger partial charge in [-0.25, -0.2) is 8.42 Å². The Morgan fingerprint density at radius 1 is 1.04 bits per heavy atom. The maximum absolute atomic E-state index is 11.5. The van der Waals surface area contributed by atoms with Gasteiger partial charge in [-0.1, -0.05) is 24.3 Å². The Kier molecular flexibility index (Phi) is 6.89. The number of sulfone groups is 1. The largest absolute Gasteiger partial charge is 0.356 e. The summed E-state index contributed by atoms with van der Waals surface area (Å²) in [5.41, 5.74) is 1.98. The molecule has 0 fully saturated rings. The van der Waals surface area contributed by atoms with Gasteiger partial charge >= 0.3 is 0 Å². The van der Waals surface area contributed by atoms with Crippen LogP contribution in [0.2, 0.25) is 0 Å². The molecule has 2 N–H and O–H groups in total. The summed E-state index contributed by atoms with van der Waals surface area (Å²) in [7, 11) is -1.52. The van der Waals surface area contributed by atoms with Crippen LogP contribution in [-0.2, 0) is 22.8 Å². The third kappa shape index (κ3) is 6.37. The van der Waals surface area contributed by atoms with Crippen LogP contribution < -0.4 is 10.6 Å². The third-order valence-electron chi connectivity index (χ3n) is 3.89. The molecule has 0 unspecified atom stereocenters. The Hall–Kier alpha value is -2.94. The van der Waals surface area contributed by atoms with Crippen LogP contribution >= 0.6 is 0 Å². The molecule has 27 heavy (non-hydrogen) atoms. The fraction of sp³-hybridized carbons (Fsp3) is 0.278. The van der Waals surface area contributed by atoms with Gasteiger partial charge < -0.3 is 10.6 Å². The van der Waals surface area contributed by atoms with E-state index in [1.54, 1.807) is 43.4 Å². The van der Waals surface area contributed by atoms with E-state index < -0.39 is 14.8 Å². The minimum absolute atomic E-state index is 0.0585. The number of aliphatic imine (C=N–C) groups is 1. The fourth-order valence-electron chi connectivity index (χ4n) is 2.37. The highest BCUT2D eigenvalue weighted by molar-refractivity contribution is 7.90. The SMILES string of the molecule is CN=C(NCCc1ccc(S(C)(=O)=O)cc1)NCc1ccc([N+](=O)[O-])cc1. The molecule has 2 aromatic carbocycles. The predicted octanol–water partition coefficient (Wildman–Crippen LogP) is 1.91. The quantitative estimate of drug-likeness (QED) is 0.323. The highest BCUT2D eigenvalue weighted by atomic mass is 32.2. The average molecular weight is 390 g/mol. The van der Waals surface area contributed by atoms with E-state index in [1.807, 2.05) is 0 Å². The predicted molar refractivity (Wildman–Crippen MR) is 105 cm³/mol. The second-order valence-corrected chi connectivity index (χ2v) is 7.96. The van der Waals surface area contributed by atoms with E-state index in [9.17, 15) is 18.5 Å². The molecule has 0 saturated carbocycles. The van der Waals surface area contributed by atoms with Crippen LogP contribution in [0.4, 0.5) is 5.69 Å². The molecule has 8 nitrogen and oxygen atoms in total. The van der Waals surface area contributed by atoms with Crippen LogP contribution in [-0.4, -0.2) is 39.1 Å². The zero-order chi connectivity index (χ0) is 19.9. The molecule has 0 aliphatic rings. The summed E-state index contributed by atoms with van der Waals surface area (Å²) < 4.78 is 22.9. The molecule has 0 heterocycles. The second kappa shape index (κ2) is 9.13. The zero-order valence-corrected chi connectivity index (χ0v) is 16.0. The molecule has 0 bridgehead atoms. The second-order valence-electron chi connectivity index (χ2n) is 5.94. The van der Waals surface area contributed by atoms with Gasteiger partial charge in [-0.3, -0.25) is 15.1 Å². The lowest BCUT2D eigenvalue weighted by Crippen LogP contribution is -2.37. The molecule has 0 atom stereocenters. The van der Waals surface area contributed by atoms with Gasteiger partial charge in [-0.2, -0.15) is 0 Å². The van der Waals surface area contributed by atoms with Crippen LogP contribution in [0.5, 0.6) is 0 Å². The molecule has 144 valence electrons. The average Bonchev–Trinajstić information content (AvgIpc) is 2.64. The molecule has 0 saturated heterocycles. The van der Waals surface area contributed by atoms with Crippen LogP contribution in [0.25, 0.3) is 0 Å². The summed E-state index contributed by atoms with van der Waals surface area (Å²) in [6.07, 6.45) is 1.90. The number of nitrogens with one attached hydrogen (secondary N) is 2. The number of nitro benzene ring substituents is 1. The van der Waals surface area contributed by atoms with Crippen molar-refractivity contribution in [3.05, 3.63) is 69.8 Å². The van der Waals surface area contributed by atoms with E-state index in [2.05, 4.69) is 15.6 Å². The van der Waals surface area contributed by atoms with Gasteiger partial charge in [0.1, 0.15) is 0 Å². The monoisotopic (exact) mass is 390 g/mol. The maximum Gasteiger partial charge on any atom is 0.269 e. The number of hydrogen-bond donors (Lipinski definition) is 2. The van der Waals surface area contributed by atoms with Crippen molar-refractivity contribution in [1.29, 1.82) is 0 Å². The molecule has 0 aliphatic heterocycles. The van der Waals surface area contributed by atoms with Gasteiger partial charge in [-0.15, -0.1) is 0 Å². The van der Waals surface area contributed by atoms with E-state index in [0.717, 1.165) is 11.1 Å². The van der Waals surface area contributed by atoms with Crippen molar-refractivity contribution in [2.24, 2.45) is 4.99 Å². The first-order chi connectivity index (χ1) is 12.8. The Morgan fingerprint density at radius 3 is 2.15 bits per heavy atom. The first-order valence-electron chi connectivity index (χ1n) is 8.26. The maximum atomic E-state index is 11.5. The molecule has 0 radical (unpaired) electrons. The number of nitrogens with zero attached hydrogens (tertiary/aromatic N) is 2. The first-order valence-corrected chi connectivity index (χ1v) is 10.2. The van der Waals surface area contributed by atoms with Gasteiger partial charge in [0.15, 0.2) is 15.8 Å². The minimum atomic E-state index is -3.18. The van der Waals surface area contributed by atoms with E-state index in [0.29, 0.717) is 30.4 Å². The number of nitro groups is 1. The van der Waals surface area contributed by atoms with Crippen LogP contribution in [0.3, 0.4) is 0 Å². The molecule has 0 amide bonds. The minimum Gasteiger partial charge on any atom is -0.356 e. The van der Waals surface area contributed by atoms with Crippen molar-refractivity contribution in [3.63, 3.8) is 0 Å². The van der Waals surface area contributed by atoms with Gasteiger partial charge in [0, 0.05) is 38.5 Å². The summed E-state index contributed by atoms with van der Waals surface area (Å²) in [4.78, 5) is 14.7. The smallest absolute Gasteiger partial charge is 0.269 e. The Balaban J connectivity index is 1.81. The van der Waals surface area contributed by atoms with Crippen molar-refractivity contribution >= 4 is 21.5 Å². The lowest BCUT2D eigenvalue weighted by atomic mass is 10.1. The summed E-state index contributed by atoms with van der Waals surface area (Å²) in [5, 5.41) is 17.0. The molecule has 2 aromatic rings. The van der Waals surface area contributed by atoms with Crippen LogP contribution in [0.1, 0.15) is 11.1 Å². The van der Waals surface area contributed by atoms with E-state index >= 15 is 0 Å². The number of rotatable bonds is 7. The van der Waals surface area contributed by atoms with Gasteiger partial charge in [0.25, 0.3) is 5.69 Å². The number of hydrogen-bond acceptors (Lipinski definition) is 5. The van der Waals surface area contributed by atoms with Crippen molar-refractivity contribution in [1.82, 2.24) is 10.6 Å². The van der Waals surface area contributed by atoms with E-state index in [4.69, 9.17) is 0 Å². The zero-order valence-electron chi connectivity index (χ0n) is 15.2. The molecular formula is C18H22N4O4S. The van der Waals surface area contributed by atoms with Crippen molar-refractivity contribution in [2.45, 2.75) is 17.9 Å². The standard InChI is InChI=1S/C18H22N4O4S/c1-19-18(21-13-15-3-7-16(8-4-15)22(23)24)20-12-11-14-5-9-17(10-6-14)27(2,25)26/h3-10H,11-13H2,1-2H3,(H2,19,20,21). The van der Waals surface area contributed by atoms with E-state index in [-0.39, 0.29) is 5.69 Å². The lowest BCUT2D eigenvalue weighted by Gasteiger charge is -2.12. The Morgan fingerprint density at radius 2 is 1.63 bits per heavy atom. The Bertz CT molecular complexity index is 907. The van der Waals surface area contributed by atoms with Crippen molar-refractivity contribution in [3.8, 4) is 0 Å². The molecule has 2 rings (SSSR count).